The van der Waals surface area contributed by atoms with Crippen LogP contribution in [0, 0.1) is 21.4 Å². The van der Waals surface area contributed by atoms with Gasteiger partial charge in [0.25, 0.3) is 0 Å². The topological polar surface area (TPSA) is 115 Å². The molecule has 7 nitrogen and oxygen atoms in total. The fourth-order valence-electron chi connectivity index (χ4n) is 1.59. The number of aromatic nitrogens is 1. The molecule has 0 amide bonds. The van der Waals surface area contributed by atoms with Gasteiger partial charge < -0.3 is 10.5 Å². The molecule has 1 aromatic heterocycles. The molecule has 1 heterocycles. The van der Waals surface area contributed by atoms with E-state index in [1.807, 2.05) is 6.07 Å². The van der Waals surface area contributed by atoms with Crippen LogP contribution in [-0.4, -0.2) is 9.91 Å². The van der Waals surface area contributed by atoms with Crippen molar-refractivity contribution < 1.29 is 9.66 Å². The van der Waals surface area contributed by atoms with Crippen molar-refractivity contribution >= 4 is 5.69 Å². The van der Waals surface area contributed by atoms with E-state index in [-0.39, 0.29) is 29.4 Å². The second-order valence-corrected chi connectivity index (χ2v) is 3.83. The SMILES string of the molecule is N#Cc1ccc(Oc2ncccc2CN)c([N+](=O)[O-])c1. The van der Waals surface area contributed by atoms with Crippen LogP contribution < -0.4 is 10.5 Å². The maximum atomic E-state index is 11.0. The Morgan fingerprint density at radius 1 is 1.45 bits per heavy atom. The third-order valence-corrected chi connectivity index (χ3v) is 2.56. The molecule has 0 unspecified atom stereocenters. The van der Waals surface area contributed by atoms with Gasteiger partial charge in [0.1, 0.15) is 0 Å². The monoisotopic (exact) mass is 270 g/mol. The Bertz CT molecular complexity index is 694. The minimum absolute atomic E-state index is 0.0161. The summed E-state index contributed by atoms with van der Waals surface area (Å²) in [5.41, 5.74) is 6.07. The number of rotatable bonds is 4. The lowest BCUT2D eigenvalue weighted by Crippen LogP contribution is -2.02. The van der Waals surface area contributed by atoms with E-state index in [0.29, 0.717) is 5.56 Å². The van der Waals surface area contributed by atoms with E-state index < -0.39 is 4.92 Å². The Morgan fingerprint density at radius 3 is 2.90 bits per heavy atom. The largest absolute Gasteiger partial charge is 0.431 e. The predicted molar refractivity (Wildman–Crippen MR) is 70.0 cm³/mol. The molecule has 2 aromatic rings. The van der Waals surface area contributed by atoms with Gasteiger partial charge in [0.2, 0.25) is 11.6 Å². The van der Waals surface area contributed by atoms with Gasteiger partial charge in [0.15, 0.2) is 0 Å². The van der Waals surface area contributed by atoms with Gasteiger partial charge in [-0.1, -0.05) is 6.07 Å². The molecule has 2 rings (SSSR count). The summed E-state index contributed by atoms with van der Waals surface area (Å²) in [7, 11) is 0. The van der Waals surface area contributed by atoms with Crippen LogP contribution in [0.4, 0.5) is 5.69 Å². The average Bonchev–Trinajstić information content (AvgIpc) is 2.48. The average molecular weight is 270 g/mol. The summed E-state index contributed by atoms with van der Waals surface area (Å²) < 4.78 is 5.45. The molecule has 0 radical (unpaired) electrons. The number of nitro benzene ring substituents is 1. The van der Waals surface area contributed by atoms with Crippen LogP contribution in [0.15, 0.2) is 36.5 Å². The van der Waals surface area contributed by atoms with Crippen LogP contribution in [-0.2, 0) is 6.54 Å². The number of nitrogens with two attached hydrogens (primary N) is 1. The van der Waals surface area contributed by atoms with Crippen LogP contribution in [0.5, 0.6) is 11.6 Å². The molecule has 7 heteroatoms. The standard InChI is InChI=1S/C13H10N4O3/c14-7-9-3-4-12(11(6-9)17(18)19)20-13-10(8-15)2-1-5-16-13/h1-6H,8,15H2. The summed E-state index contributed by atoms with van der Waals surface area (Å²) in [6.45, 7) is 0.202. The third-order valence-electron chi connectivity index (χ3n) is 2.56. The Balaban J connectivity index is 2.43. The number of ether oxygens (including phenoxy) is 1. The smallest absolute Gasteiger partial charge is 0.312 e. The molecule has 0 aliphatic heterocycles. The number of nitrogens with zero attached hydrogens (tertiary/aromatic N) is 3. The van der Waals surface area contributed by atoms with E-state index in [0.717, 1.165) is 6.07 Å². The highest BCUT2D eigenvalue weighted by Gasteiger charge is 2.18. The fourth-order valence-corrected chi connectivity index (χ4v) is 1.59. The fraction of sp³-hybridized carbons (Fsp3) is 0.0769. The maximum Gasteiger partial charge on any atom is 0.312 e. The summed E-state index contributed by atoms with van der Waals surface area (Å²) in [6.07, 6.45) is 1.50. The van der Waals surface area contributed by atoms with Crippen LogP contribution in [0.1, 0.15) is 11.1 Å². The molecular formula is C13H10N4O3. The van der Waals surface area contributed by atoms with Gasteiger partial charge in [-0.3, -0.25) is 10.1 Å². The summed E-state index contributed by atoms with van der Waals surface area (Å²) in [4.78, 5) is 14.4. The molecule has 0 bridgehead atoms. The molecule has 20 heavy (non-hydrogen) atoms. The van der Waals surface area contributed by atoms with Crippen molar-refractivity contribution in [3.05, 3.63) is 57.8 Å². The van der Waals surface area contributed by atoms with E-state index >= 15 is 0 Å². The summed E-state index contributed by atoms with van der Waals surface area (Å²) >= 11 is 0. The van der Waals surface area contributed by atoms with Gasteiger partial charge in [-0.2, -0.15) is 5.26 Å². The second kappa shape index (κ2) is 5.77. The molecule has 2 N–H and O–H groups in total. The summed E-state index contributed by atoms with van der Waals surface area (Å²) in [5, 5.41) is 19.8. The zero-order valence-corrected chi connectivity index (χ0v) is 10.3. The molecule has 0 aliphatic carbocycles. The number of hydrogen-bond donors (Lipinski definition) is 1. The van der Waals surface area contributed by atoms with Crippen LogP contribution in [0.3, 0.4) is 0 Å². The number of pyridine rings is 1. The molecule has 0 fully saturated rings. The molecule has 0 saturated carbocycles. The van der Waals surface area contributed by atoms with Crippen molar-refractivity contribution in [3.8, 4) is 17.7 Å². The van der Waals surface area contributed by atoms with Crippen molar-refractivity contribution in [2.45, 2.75) is 6.54 Å². The van der Waals surface area contributed by atoms with Gasteiger partial charge in [-0.05, 0) is 18.2 Å². The summed E-state index contributed by atoms with van der Waals surface area (Å²) in [5.74, 6) is 0.227. The van der Waals surface area contributed by atoms with Crippen LogP contribution in [0.2, 0.25) is 0 Å². The number of nitro groups is 1. The van der Waals surface area contributed by atoms with Gasteiger partial charge in [0, 0.05) is 24.4 Å². The molecular weight excluding hydrogens is 260 g/mol. The maximum absolute atomic E-state index is 11.0. The first-order chi connectivity index (χ1) is 9.65. The molecule has 100 valence electrons. The highest BCUT2D eigenvalue weighted by Crippen LogP contribution is 2.32. The Kier molecular flexibility index (Phi) is 3.88. The Hall–Kier alpha value is -2.98. The molecule has 0 atom stereocenters. The lowest BCUT2D eigenvalue weighted by Gasteiger charge is -2.08. The lowest BCUT2D eigenvalue weighted by atomic mass is 10.2. The van der Waals surface area contributed by atoms with Crippen LogP contribution in [0.25, 0.3) is 0 Å². The molecule has 0 saturated heterocycles. The molecule has 0 aliphatic rings. The van der Waals surface area contributed by atoms with Gasteiger partial charge in [0.05, 0.1) is 16.6 Å². The lowest BCUT2D eigenvalue weighted by molar-refractivity contribution is -0.385. The zero-order chi connectivity index (χ0) is 14.5. The molecule has 1 aromatic carbocycles. The van der Waals surface area contributed by atoms with Crippen molar-refractivity contribution in [1.29, 1.82) is 5.26 Å². The Labute approximate surface area is 114 Å². The second-order valence-electron chi connectivity index (χ2n) is 3.83. The van der Waals surface area contributed by atoms with Crippen molar-refractivity contribution in [1.82, 2.24) is 4.98 Å². The summed E-state index contributed by atoms with van der Waals surface area (Å²) in [6, 6.07) is 9.21. The highest BCUT2D eigenvalue weighted by atomic mass is 16.6. The minimum atomic E-state index is -0.610. The molecule has 0 spiro atoms. The van der Waals surface area contributed by atoms with E-state index in [1.165, 1.54) is 18.3 Å². The van der Waals surface area contributed by atoms with Crippen LogP contribution >= 0.6 is 0 Å². The van der Waals surface area contributed by atoms with Gasteiger partial charge >= 0.3 is 5.69 Å². The number of nitriles is 1. The van der Waals surface area contributed by atoms with Gasteiger partial charge in [-0.25, -0.2) is 4.98 Å². The van der Waals surface area contributed by atoms with Crippen molar-refractivity contribution in [3.63, 3.8) is 0 Å². The first kappa shape index (κ1) is 13.5. The zero-order valence-electron chi connectivity index (χ0n) is 10.3. The minimum Gasteiger partial charge on any atom is -0.431 e. The van der Waals surface area contributed by atoms with E-state index in [1.54, 1.807) is 12.1 Å². The van der Waals surface area contributed by atoms with E-state index in [2.05, 4.69) is 4.98 Å². The number of benzene rings is 1. The van der Waals surface area contributed by atoms with Crippen molar-refractivity contribution in [2.24, 2.45) is 5.73 Å². The van der Waals surface area contributed by atoms with Crippen molar-refractivity contribution in [2.75, 3.05) is 0 Å². The normalized spacial score (nSPS) is 9.80. The first-order valence-corrected chi connectivity index (χ1v) is 5.66. The number of hydrogen-bond acceptors (Lipinski definition) is 6. The quantitative estimate of drug-likeness (QED) is 0.672. The first-order valence-electron chi connectivity index (χ1n) is 5.66. The van der Waals surface area contributed by atoms with E-state index in [4.69, 9.17) is 15.7 Å². The Morgan fingerprint density at radius 2 is 2.25 bits per heavy atom. The van der Waals surface area contributed by atoms with E-state index in [9.17, 15) is 10.1 Å². The highest BCUT2D eigenvalue weighted by molar-refractivity contribution is 5.53. The van der Waals surface area contributed by atoms with Gasteiger partial charge in [-0.15, -0.1) is 0 Å². The predicted octanol–water partition coefficient (Wildman–Crippen LogP) is 2.11. The third kappa shape index (κ3) is 2.71.